The quantitative estimate of drug-likeness (QED) is 0.326. The molecule has 2 aromatic carbocycles. The number of amides is 2. The lowest BCUT2D eigenvalue weighted by Gasteiger charge is -2.19. The van der Waals surface area contributed by atoms with Gasteiger partial charge in [-0.3, -0.25) is 14.4 Å². The molecule has 2 atom stereocenters. The van der Waals surface area contributed by atoms with Crippen molar-refractivity contribution < 1.29 is 24.6 Å². The Balaban J connectivity index is 1.95. The third kappa shape index (κ3) is 8.53. The summed E-state index contributed by atoms with van der Waals surface area (Å²) in [6.45, 7) is 1.43. The number of rotatable bonds is 9. The molecule has 0 radical (unpaired) electrons. The molecule has 0 saturated heterocycles. The van der Waals surface area contributed by atoms with Gasteiger partial charge in [0.05, 0.1) is 12.5 Å². The number of benzene rings is 2. The third-order valence-electron chi connectivity index (χ3n) is 4.68. The normalized spacial score (nSPS) is 11.6. The van der Waals surface area contributed by atoms with Crippen molar-refractivity contribution in [3.05, 3.63) is 70.8 Å². The van der Waals surface area contributed by atoms with Crippen LogP contribution in [0.4, 0.5) is 0 Å². The summed E-state index contributed by atoms with van der Waals surface area (Å²) in [5, 5.41) is 23.7. The smallest absolute Gasteiger partial charge is 0.251 e. The fourth-order valence-electron chi connectivity index (χ4n) is 2.87. The maximum absolute atomic E-state index is 12.3. The lowest BCUT2D eigenvalue weighted by atomic mass is 10.1. The van der Waals surface area contributed by atoms with E-state index in [-0.39, 0.29) is 17.9 Å². The fraction of sp³-hybridized carbons (Fsp3) is 0.269. The van der Waals surface area contributed by atoms with Gasteiger partial charge in [-0.05, 0) is 60.7 Å². The van der Waals surface area contributed by atoms with Crippen molar-refractivity contribution in [2.45, 2.75) is 25.5 Å². The van der Waals surface area contributed by atoms with Gasteiger partial charge >= 0.3 is 0 Å². The molecule has 2 aromatic rings. The maximum Gasteiger partial charge on any atom is 0.251 e. The monoisotopic (exact) mass is 461 g/mol. The SMILES string of the molecule is C[C@@H](O)[C@H](NC(=O)c1ccc(C#CC#Cc2ccc(CC(=O)NCCN)cc2)cc1)C(=O)CO. The van der Waals surface area contributed by atoms with Crippen LogP contribution in [0.3, 0.4) is 0 Å². The van der Waals surface area contributed by atoms with Gasteiger partial charge in [-0.15, -0.1) is 0 Å². The lowest BCUT2D eigenvalue weighted by molar-refractivity contribution is -0.126. The van der Waals surface area contributed by atoms with Crippen LogP contribution in [0.25, 0.3) is 0 Å². The van der Waals surface area contributed by atoms with E-state index < -0.39 is 30.4 Å². The molecule has 8 nitrogen and oxygen atoms in total. The summed E-state index contributed by atoms with van der Waals surface area (Å²) in [6.07, 6.45) is -0.858. The summed E-state index contributed by atoms with van der Waals surface area (Å²) in [5.74, 6) is 10.0. The first kappa shape index (κ1) is 26.3. The second-order valence-electron chi connectivity index (χ2n) is 7.41. The van der Waals surface area contributed by atoms with Gasteiger partial charge in [0, 0.05) is 29.8 Å². The van der Waals surface area contributed by atoms with Gasteiger partial charge in [0.25, 0.3) is 5.91 Å². The van der Waals surface area contributed by atoms with Gasteiger partial charge in [0.1, 0.15) is 12.6 Å². The van der Waals surface area contributed by atoms with Gasteiger partial charge in [0.15, 0.2) is 5.78 Å². The molecule has 2 rings (SSSR count). The van der Waals surface area contributed by atoms with Crippen LogP contribution in [-0.4, -0.2) is 59.7 Å². The first-order valence-electron chi connectivity index (χ1n) is 10.6. The van der Waals surface area contributed by atoms with E-state index in [4.69, 9.17) is 10.8 Å². The molecule has 2 amide bonds. The van der Waals surface area contributed by atoms with Crippen molar-refractivity contribution in [1.82, 2.24) is 10.6 Å². The number of Topliss-reactive ketones (excluding diaryl/α,β-unsaturated/α-hetero) is 1. The number of nitrogens with two attached hydrogens (primary N) is 1. The Labute approximate surface area is 198 Å². The molecule has 176 valence electrons. The Kier molecular flexibility index (Phi) is 10.5. The first-order chi connectivity index (χ1) is 16.3. The fourth-order valence-corrected chi connectivity index (χ4v) is 2.87. The number of aliphatic hydroxyl groups is 2. The summed E-state index contributed by atoms with van der Waals surface area (Å²) >= 11 is 0. The van der Waals surface area contributed by atoms with Gasteiger partial charge in [0.2, 0.25) is 5.91 Å². The standard InChI is InChI=1S/C26H27N3O5/c1-18(31)25(23(32)17-30)29-26(34)22-12-10-20(11-13-22)5-3-2-4-19-6-8-21(9-7-19)16-24(33)28-15-14-27/h6-13,18,25,30-31H,14-17,27H2,1H3,(H,28,33)(H,29,34)/t18-,25+/m1/s1. The predicted octanol–water partition coefficient (Wildman–Crippen LogP) is -0.252. The molecular weight excluding hydrogens is 434 g/mol. The summed E-state index contributed by atoms with van der Waals surface area (Å²) in [5.41, 5.74) is 7.92. The number of hydrogen-bond donors (Lipinski definition) is 5. The maximum atomic E-state index is 12.3. The van der Waals surface area contributed by atoms with E-state index in [0.29, 0.717) is 18.7 Å². The number of aliphatic hydroxyl groups excluding tert-OH is 2. The number of ketones is 1. The number of nitrogens with one attached hydrogen (secondary N) is 2. The zero-order valence-electron chi connectivity index (χ0n) is 18.8. The first-order valence-corrected chi connectivity index (χ1v) is 10.6. The zero-order valence-corrected chi connectivity index (χ0v) is 18.8. The molecule has 0 spiro atoms. The Morgan fingerprint density at radius 2 is 1.53 bits per heavy atom. The predicted molar refractivity (Wildman–Crippen MR) is 127 cm³/mol. The average molecular weight is 462 g/mol. The van der Waals surface area contributed by atoms with Crippen molar-refractivity contribution in [3.8, 4) is 23.7 Å². The third-order valence-corrected chi connectivity index (χ3v) is 4.68. The van der Waals surface area contributed by atoms with Crippen molar-refractivity contribution in [3.63, 3.8) is 0 Å². The molecule has 34 heavy (non-hydrogen) atoms. The molecule has 0 aliphatic rings. The number of hydrogen-bond acceptors (Lipinski definition) is 6. The van der Waals surface area contributed by atoms with E-state index in [9.17, 15) is 19.5 Å². The summed E-state index contributed by atoms with van der Waals surface area (Å²) in [7, 11) is 0. The van der Waals surface area contributed by atoms with E-state index in [1.807, 2.05) is 24.3 Å². The Morgan fingerprint density at radius 3 is 2.03 bits per heavy atom. The molecular formula is C26H27N3O5. The van der Waals surface area contributed by atoms with Crippen molar-refractivity contribution in [1.29, 1.82) is 0 Å². The second-order valence-corrected chi connectivity index (χ2v) is 7.41. The highest BCUT2D eigenvalue weighted by Gasteiger charge is 2.25. The Hall–Kier alpha value is -3.95. The molecule has 0 aromatic heterocycles. The number of carbonyl (C=O) groups excluding carboxylic acids is 3. The van der Waals surface area contributed by atoms with Crippen molar-refractivity contribution in [2.24, 2.45) is 5.73 Å². The van der Waals surface area contributed by atoms with Crippen LogP contribution in [0.2, 0.25) is 0 Å². The summed E-state index contributed by atoms with van der Waals surface area (Å²) in [6, 6.07) is 12.5. The van der Waals surface area contributed by atoms with E-state index in [1.54, 1.807) is 12.1 Å². The Morgan fingerprint density at radius 1 is 0.971 bits per heavy atom. The van der Waals surface area contributed by atoms with Crippen LogP contribution in [-0.2, 0) is 16.0 Å². The minimum absolute atomic E-state index is 0.0833. The van der Waals surface area contributed by atoms with Crippen LogP contribution >= 0.6 is 0 Å². The lowest BCUT2D eigenvalue weighted by Crippen LogP contribution is -2.48. The van der Waals surface area contributed by atoms with E-state index in [0.717, 1.165) is 11.1 Å². The van der Waals surface area contributed by atoms with Gasteiger partial charge in [-0.1, -0.05) is 24.0 Å². The van der Waals surface area contributed by atoms with Gasteiger partial charge in [-0.25, -0.2) is 0 Å². The minimum Gasteiger partial charge on any atom is -0.391 e. The molecule has 0 aliphatic carbocycles. The zero-order chi connectivity index (χ0) is 24.9. The highest BCUT2D eigenvalue weighted by atomic mass is 16.3. The van der Waals surface area contributed by atoms with Gasteiger partial charge in [-0.2, -0.15) is 0 Å². The van der Waals surface area contributed by atoms with E-state index in [1.165, 1.54) is 19.1 Å². The van der Waals surface area contributed by atoms with E-state index in [2.05, 4.69) is 34.3 Å². The van der Waals surface area contributed by atoms with Crippen LogP contribution in [0, 0.1) is 23.7 Å². The largest absolute Gasteiger partial charge is 0.391 e. The topological polar surface area (TPSA) is 142 Å². The molecule has 0 heterocycles. The van der Waals surface area contributed by atoms with Gasteiger partial charge < -0.3 is 26.6 Å². The van der Waals surface area contributed by atoms with E-state index >= 15 is 0 Å². The highest BCUT2D eigenvalue weighted by molar-refractivity contribution is 5.98. The molecule has 6 N–H and O–H groups in total. The molecule has 0 saturated carbocycles. The molecule has 0 fully saturated rings. The summed E-state index contributed by atoms with van der Waals surface area (Å²) < 4.78 is 0. The van der Waals surface area contributed by atoms with Crippen LogP contribution in [0.15, 0.2) is 48.5 Å². The highest BCUT2D eigenvalue weighted by Crippen LogP contribution is 2.06. The second kappa shape index (κ2) is 13.6. The van der Waals surface area contributed by atoms with Crippen LogP contribution in [0.5, 0.6) is 0 Å². The van der Waals surface area contributed by atoms with Crippen LogP contribution < -0.4 is 16.4 Å². The average Bonchev–Trinajstić information content (AvgIpc) is 2.84. The summed E-state index contributed by atoms with van der Waals surface area (Å²) in [4.78, 5) is 35.6. The molecule has 8 heteroatoms. The molecule has 0 bridgehead atoms. The van der Waals surface area contributed by atoms with Crippen LogP contribution in [0.1, 0.15) is 34.0 Å². The number of carbonyl (C=O) groups is 3. The minimum atomic E-state index is -1.19. The molecule has 0 unspecified atom stereocenters. The van der Waals surface area contributed by atoms with Crippen molar-refractivity contribution >= 4 is 17.6 Å². The Bertz CT molecular complexity index is 1120. The van der Waals surface area contributed by atoms with Crippen molar-refractivity contribution in [2.75, 3.05) is 19.7 Å². The molecule has 0 aliphatic heterocycles.